The molecule has 1 aliphatic heterocycles. The Balaban J connectivity index is 1.92. The first-order valence-electron chi connectivity index (χ1n) is 6.64. The second-order valence-electron chi connectivity index (χ2n) is 5.52. The molecule has 1 aromatic carbocycles. The van der Waals surface area contributed by atoms with E-state index in [9.17, 15) is 9.90 Å². The van der Waals surface area contributed by atoms with Crippen LogP contribution in [0.3, 0.4) is 0 Å². The van der Waals surface area contributed by atoms with Gasteiger partial charge in [-0.1, -0.05) is 26.0 Å². The molecule has 0 radical (unpaired) electrons. The van der Waals surface area contributed by atoms with Gasteiger partial charge in [-0.05, 0) is 29.7 Å². The number of rotatable bonds is 3. The van der Waals surface area contributed by atoms with Crippen LogP contribution >= 0.6 is 0 Å². The zero-order valence-electron chi connectivity index (χ0n) is 11.7. The van der Waals surface area contributed by atoms with Gasteiger partial charge in [-0.25, -0.2) is 0 Å². The van der Waals surface area contributed by atoms with Crippen molar-refractivity contribution in [1.29, 1.82) is 5.26 Å². The summed E-state index contributed by atoms with van der Waals surface area (Å²) in [5.41, 5.74) is 0.730. The Hall–Kier alpha value is -2.12. The Labute approximate surface area is 118 Å². The number of benzene rings is 1. The zero-order chi connectivity index (χ0) is 14.8. The summed E-state index contributed by atoms with van der Waals surface area (Å²) < 4.78 is 0. The minimum atomic E-state index is -0.738. The van der Waals surface area contributed by atoms with E-state index in [-0.39, 0.29) is 11.8 Å². The van der Waals surface area contributed by atoms with Gasteiger partial charge in [-0.3, -0.25) is 4.79 Å². The van der Waals surface area contributed by atoms with E-state index >= 15 is 0 Å². The number of β-amino-alcohol motifs (C(OH)–C–C–N with tert-alkyl or cyclic N) is 1. The lowest BCUT2D eigenvalue weighted by Crippen LogP contribution is -2.65. The number of carbonyl (C=O) groups is 1. The largest absolute Gasteiger partial charge is 0.386 e. The van der Waals surface area contributed by atoms with Crippen molar-refractivity contribution in [2.24, 2.45) is 5.92 Å². The van der Waals surface area contributed by atoms with Crippen LogP contribution in [0.25, 0.3) is 6.08 Å². The van der Waals surface area contributed by atoms with Gasteiger partial charge in [0.15, 0.2) is 0 Å². The predicted molar refractivity (Wildman–Crippen MR) is 76.6 cm³/mol. The summed E-state index contributed by atoms with van der Waals surface area (Å²) in [6.45, 7) is 4.69. The second kappa shape index (κ2) is 5.48. The maximum Gasteiger partial charge on any atom is 0.246 e. The Morgan fingerprint density at radius 2 is 2.00 bits per heavy atom. The van der Waals surface area contributed by atoms with E-state index in [2.05, 4.69) is 0 Å². The quantitative estimate of drug-likeness (QED) is 0.852. The van der Waals surface area contributed by atoms with Crippen molar-refractivity contribution in [3.63, 3.8) is 0 Å². The molecular weight excluding hydrogens is 252 g/mol. The van der Waals surface area contributed by atoms with E-state index in [0.29, 0.717) is 18.7 Å². The molecule has 4 nitrogen and oxygen atoms in total. The van der Waals surface area contributed by atoms with Crippen LogP contribution in [0.5, 0.6) is 0 Å². The van der Waals surface area contributed by atoms with E-state index in [1.807, 2.05) is 19.9 Å². The van der Waals surface area contributed by atoms with Crippen molar-refractivity contribution in [2.45, 2.75) is 19.4 Å². The van der Waals surface area contributed by atoms with Crippen LogP contribution in [0.2, 0.25) is 0 Å². The van der Waals surface area contributed by atoms with Crippen LogP contribution in [0.4, 0.5) is 0 Å². The SMILES string of the molecule is CC(C)C1(O)CN(C(=O)C=Cc2ccc(C#N)cc2)C1. The molecule has 1 fully saturated rings. The fourth-order valence-corrected chi connectivity index (χ4v) is 2.08. The fourth-order valence-electron chi connectivity index (χ4n) is 2.08. The van der Waals surface area contributed by atoms with Crippen molar-refractivity contribution >= 4 is 12.0 Å². The first-order chi connectivity index (χ1) is 9.44. The van der Waals surface area contributed by atoms with E-state index in [0.717, 1.165) is 5.56 Å². The molecular formula is C16H18N2O2. The van der Waals surface area contributed by atoms with Crippen molar-refractivity contribution in [2.75, 3.05) is 13.1 Å². The highest BCUT2D eigenvalue weighted by Crippen LogP contribution is 2.28. The average Bonchev–Trinajstić information content (AvgIpc) is 2.41. The highest BCUT2D eigenvalue weighted by molar-refractivity contribution is 5.92. The summed E-state index contributed by atoms with van der Waals surface area (Å²) in [4.78, 5) is 13.5. The predicted octanol–water partition coefficient (Wildman–Crippen LogP) is 1.80. The summed E-state index contributed by atoms with van der Waals surface area (Å²) in [5.74, 6) is 0.0498. The molecule has 0 atom stereocenters. The van der Waals surface area contributed by atoms with Gasteiger partial charge in [0.2, 0.25) is 5.91 Å². The first kappa shape index (κ1) is 14.3. The number of nitrogens with zero attached hydrogens (tertiary/aromatic N) is 2. The number of amides is 1. The van der Waals surface area contributed by atoms with Gasteiger partial charge in [0.25, 0.3) is 0 Å². The number of carbonyl (C=O) groups excluding carboxylic acids is 1. The van der Waals surface area contributed by atoms with Crippen LogP contribution in [-0.4, -0.2) is 34.6 Å². The summed E-state index contributed by atoms with van der Waals surface area (Å²) in [6.07, 6.45) is 3.22. The van der Waals surface area contributed by atoms with Crippen LogP contribution < -0.4 is 0 Å². The average molecular weight is 270 g/mol. The van der Waals surface area contributed by atoms with Crippen molar-refractivity contribution in [1.82, 2.24) is 4.90 Å². The number of nitriles is 1. The van der Waals surface area contributed by atoms with Crippen LogP contribution in [0, 0.1) is 17.2 Å². The Bertz CT molecular complexity index is 561. The lowest BCUT2D eigenvalue weighted by molar-refractivity contribution is -0.158. The summed E-state index contributed by atoms with van der Waals surface area (Å²) >= 11 is 0. The molecule has 1 aliphatic rings. The highest BCUT2D eigenvalue weighted by atomic mass is 16.3. The minimum absolute atomic E-state index is 0.0975. The molecule has 2 rings (SSSR count). The lowest BCUT2D eigenvalue weighted by atomic mass is 9.83. The van der Waals surface area contributed by atoms with Crippen molar-refractivity contribution in [3.8, 4) is 6.07 Å². The van der Waals surface area contributed by atoms with Gasteiger partial charge >= 0.3 is 0 Å². The molecule has 0 aromatic heterocycles. The van der Waals surface area contributed by atoms with Crippen molar-refractivity contribution < 1.29 is 9.90 Å². The molecule has 0 aliphatic carbocycles. The van der Waals surface area contributed by atoms with Gasteiger partial charge in [0.05, 0.1) is 24.7 Å². The third-order valence-electron chi connectivity index (χ3n) is 3.77. The number of hydrogen-bond donors (Lipinski definition) is 1. The fraction of sp³-hybridized carbons (Fsp3) is 0.375. The number of likely N-dealkylation sites (tertiary alicyclic amines) is 1. The normalized spacial score (nSPS) is 17.1. The van der Waals surface area contributed by atoms with E-state index in [1.165, 1.54) is 6.08 Å². The molecule has 1 heterocycles. The van der Waals surface area contributed by atoms with Crippen LogP contribution in [-0.2, 0) is 4.79 Å². The Kier molecular flexibility index (Phi) is 3.91. The maximum atomic E-state index is 11.9. The van der Waals surface area contributed by atoms with E-state index < -0.39 is 5.60 Å². The van der Waals surface area contributed by atoms with Gasteiger partial charge in [-0.2, -0.15) is 5.26 Å². The zero-order valence-corrected chi connectivity index (χ0v) is 11.7. The number of aliphatic hydroxyl groups is 1. The second-order valence-corrected chi connectivity index (χ2v) is 5.52. The van der Waals surface area contributed by atoms with Crippen LogP contribution in [0.1, 0.15) is 25.0 Å². The molecule has 0 spiro atoms. The summed E-state index contributed by atoms with van der Waals surface area (Å²) in [7, 11) is 0. The molecule has 20 heavy (non-hydrogen) atoms. The van der Waals surface area contributed by atoms with Crippen LogP contribution in [0.15, 0.2) is 30.3 Å². The molecule has 1 aromatic rings. The lowest BCUT2D eigenvalue weighted by Gasteiger charge is -2.48. The molecule has 0 unspecified atom stereocenters. The summed E-state index contributed by atoms with van der Waals surface area (Å²) in [5, 5.41) is 18.8. The molecule has 1 amide bonds. The van der Waals surface area contributed by atoms with Gasteiger partial charge in [0, 0.05) is 6.08 Å². The highest BCUT2D eigenvalue weighted by Gasteiger charge is 2.45. The van der Waals surface area contributed by atoms with E-state index in [1.54, 1.807) is 35.2 Å². The van der Waals surface area contributed by atoms with Gasteiger partial charge in [0.1, 0.15) is 5.60 Å². The monoisotopic (exact) mass is 270 g/mol. The smallest absolute Gasteiger partial charge is 0.246 e. The third-order valence-corrected chi connectivity index (χ3v) is 3.77. The van der Waals surface area contributed by atoms with Crippen molar-refractivity contribution in [3.05, 3.63) is 41.5 Å². The minimum Gasteiger partial charge on any atom is -0.386 e. The molecule has 104 valence electrons. The standard InChI is InChI=1S/C16H18N2O2/c1-12(2)16(20)10-18(11-16)15(19)8-7-13-3-5-14(9-17)6-4-13/h3-8,12,20H,10-11H2,1-2H3. The topological polar surface area (TPSA) is 64.3 Å². The molecule has 1 saturated heterocycles. The third kappa shape index (κ3) is 2.89. The molecule has 4 heteroatoms. The number of hydrogen-bond acceptors (Lipinski definition) is 3. The van der Waals surface area contributed by atoms with E-state index in [4.69, 9.17) is 5.26 Å². The van der Waals surface area contributed by atoms with Gasteiger partial charge < -0.3 is 10.0 Å². The van der Waals surface area contributed by atoms with Gasteiger partial charge in [-0.15, -0.1) is 0 Å². The first-order valence-corrected chi connectivity index (χ1v) is 6.64. The molecule has 0 bridgehead atoms. The molecule has 0 saturated carbocycles. The Morgan fingerprint density at radius 1 is 1.40 bits per heavy atom. The maximum absolute atomic E-state index is 11.9. The molecule has 1 N–H and O–H groups in total. The summed E-state index contributed by atoms with van der Waals surface area (Å²) in [6, 6.07) is 9.06. The Morgan fingerprint density at radius 3 is 2.50 bits per heavy atom.